The van der Waals surface area contributed by atoms with Gasteiger partial charge in [0, 0.05) is 41.2 Å². The van der Waals surface area contributed by atoms with Gasteiger partial charge >= 0.3 is 0 Å². The number of aliphatic hydroxyl groups is 1. The molecule has 5 nitrogen and oxygen atoms in total. The van der Waals surface area contributed by atoms with Gasteiger partial charge < -0.3 is 10.4 Å². The fourth-order valence-electron chi connectivity index (χ4n) is 3.30. The van der Waals surface area contributed by atoms with E-state index in [9.17, 15) is 5.11 Å². The Morgan fingerprint density at radius 3 is 2.83 bits per heavy atom. The van der Waals surface area contributed by atoms with Gasteiger partial charge in [0.15, 0.2) is 5.82 Å². The highest BCUT2D eigenvalue weighted by atomic mass is 16.3. The van der Waals surface area contributed by atoms with E-state index in [2.05, 4.69) is 22.2 Å². The van der Waals surface area contributed by atoms with Gasteiger partial charge in [0.1, 0.15) is 5.82 Å². The Hall–Kier alpha value is -2.01. The molecule has 2 N–H and O–H groups in total. The Labute approximate surface area is 143 Å². The molecule has 0 saturated heterocycles. The number of aromatic nitrogens is 3. The molecule has 0 radical (unpaired) electrons. The van der Waals surface area contributed by atoms with Crippen LogP contribution in [0.15, 0.2) is 24.5 Å². The summed E-state index contributed by atoms with van der Waals surface area (Å²) in [5.41, 5.74) is 2.82. The molecular weight excluding hydrogens is 300 g/mol. The predicted molar refractivity (Wildman–Crippen MR) is 95.8 cm³/mol. The fraction of sp³-hybridized carbons (Fsp3) is 0.526. The molecular formula is C19H26N4O. The van der Waals surface area contributed by atoms with Crippen LogP contribution in [0.4, 0.5) is 5.82 Å². The highest BCUT2D eigenvalue weighted by Crippen LogP contribution is 2.36. The van der Waals surface area contributed by atoms with Crippen molar-refractivity contribution in [2.75, 3.05) is 11.9 Å². The molecule has 1 fully saturated rings. The normalized spacial score (nSPS) is 23.9. The second-order valence-corrected chi connectivity index (χ2v) is 7.12. The van der Waals surface area contributed by atoms with Gasteiger partial charge in [-0.05, 0) is 38.8 Å². The van der Waals surface area contributed by atoms with Crippen molar-refractivity contribution >= 4 is 5.82 Å². The molecule has 24 heavy (non-hydrogen) atoms. The number of nitrogens with zero attached hydrogens (tertiary/aromatic N) is 3. The molecule has 2 aromatic rings. The summed E-state index contributed by atoms with van der Waals surface area (Å²) in [5, 5.41) is 13.9. The van der Waals surface area contributed by atoms with Crippen LogP contribution >= 0.6 is 0 Å². The summed E-state index contributed by atoms with van der Waals surface area (Å²) in [5.74, 6) is 1.53. The third-order valence-electron chi connectivity index (χ3n) is 5.25. The van der Waals surface area contributed by atoms with E-state index in [1.54, 1.807) is 12.4 Å². The van der Waals surface area contributed by atoms with Gasteiger partial charge in [-0.1, -0.05) is 19.8 Å². The van der Waals surface area contributed by atoms with E-state index < -0.39 is 0 Å². The number of hydrogen-bond donors (Lipinski definition) is 2. The van der Waals surface area contributed by atoms with Crippen molar-refractivity contribution in [1.29, 1.82) is 0 Å². The second kappa shape index (κ2) is 6.85. The molecule has 2 aromatic heterocycles. The third kappa shape index (κ3) is 3.41. The Morgan fingerprint density at radius 1 is 1.29 bits per heavy atom. The van der Waals surface area contributed by atoms with E-state index in [1.807, 2.05) is 26.0 Å². The first-order valence-electron chi connectivity index (χ1n) is 8.67. The molecule has 2 unspecified atom stereocenters. The van der Waals surface area contributed by atoms with Crippen molar-refractivity contribution in [2.45, 2.75) is 52.6 Å². The minimum atomic E-state index is -0.250. The van der Waals surface area contributed by atoms with Crippen molar-refractivity contribution in [3.63, 3.8) is 0 Å². The fourth-order valence-corrected chi connectivity index (χ4v) is 3.30. The second-order valence-electron chi connectivity index (χ2n) is 7.12. The summed E-state index contributed by atoms with van der Waals surface area (Å²) < 4.78 is 0. The lowest BCUT2D eigenvalue weighted by atomic mass is 9.73. The maximum absolute atomic E-state index is 10.4. The van der Waals surface area contributed by atoms with Gasteiger partial charge in [0.25, 0.3) is 0 Å². The number of nitrogens with one attached hydrogen (secondary N) is 1. The lowest BCUT2D eigenvalue weighted by Crippen LogP contribution is -2.41. The van der Waals surface area contributed by atoms with E-state index in [4.69, 9.17) is 4.98 Å². The monoisotopic (exact) mass is 326 g/mol. The van der Waals surface area contributed by atoms with Crippen LogP contribution in [0.2, 0.25) is 0 Å². The third-order valence-corrected chi connectivity index (χ3v) is 5.25. The summed E-state index contributed by atoms with van der Waals surface area (Å²) >= 11 is 0. The van der Waals surface area contributed by atoms with Crippen molar-refractivity contribution < 1.29 is 5.11 Å². The first kappa shape index (κ1) is 16.8. The largest absolute Gasteiger partial charge is 0.392 e. The molecule has 0 spiro atoms. The smallest absolute Gasteiger partial charge is 0.163 e. The van der Waals surface area contributed by atoms with Gasteiger partial charge in [-0.2, -0.15) is 0 Å². The summed E-state index contributed by atoms with van der Waals surface area (Å²) in [6, 6.07) is 3.85. The number of pyridine rings is 1. The lowest BCUT2D eigenvalue weighted by Gasteiger charge is -2.38. The van der Waals surface area contributed by atoms with E-state index in [0.717, 1.165) is 48.4 Å². The quantitative estimate of drug-likeness (QED) is 0.899. The number of rotatable bonds is 4. The average molecular weight is 326 g/mol. The molecule has 2 heterocycles. The zero-order valence-electron chi connectivity index (χ0n) is 14.7. The Morgan fingerprint density at radius 2 is 2.12 bits per heavy atom. The van der Waals surface area contributed by atoms with Crippen LogP contribution in [0.5, 0.6) is 0 Å². The van der Waals surface area contributed by atoms with Crippen LogP contribution in [0, 0.1) is 19.3 Å². The standard InChI is InChI=1S/C19H26N4O/c1-13-14(2)22-18(15-7-6-10-20-11-15)23-17(13)21-12-19(3)9-5-4-8-16(19)24/h6-7,10-11,16,24H,4-5,8-9,12H2,1-3H3,(H,21,22,23). The van der Waals surface area contributed by atoms with Gasteiger partial charge in [-0.3, -0.25) is 4.98 Å². The molecule has 0 bridgehead atoms. The minimum Gasteiger partial charge on any atom is -0.392 e. The molecule has 128 valence electrons. The number of anilines is 1. The van der Waals surface area contributed by atoms with E-state index in [0.29, 0.717) is 5.82 Å². The lowest BCUT2D eigenvalue weighted by molar-refractivity contribution is 0.00957. The van der Waals surface area contributed by atoms with Crippen molar-refractivity contribution in [1.82, 2.24) is 15.0 Å². The van der Waals surface area contributed by atoms with Crippen LogP contribution in [-0.4, -0.2) is 32.7 Å². The molecule has 2 atom stereocenters. The van der Waals surface area contributed by atoms with Crippen LogP contribution < -0.4 is 5.32 Å². The Kier molecular flexibility index (Phi) is 4.81. The summed E-state index contributed by atoms with van der Waals surface area (Å²) in [6.07, 6.45) is 7.50. The van der Waals surface area contributed by atoms with Crippen molar-refractivity contribution in [3.8, 4) is 11.4 Å². The Bertz CT molecular complexity index is 704. The summed E-state index contributed by atoms with van der Waals surface area (Å²) in [6.45, 7) is 6.91. The zero-order chi connectivity index (χ0) is 17.2. The van der Waals surface area contributed by atoms with Gasteiger partial charge in [0.2, 0.25) is 0 Å². The van der Waals surface area contributed by atoms with Crippen LogP contribution in [-0.2, 0) is 0 Å². The topological polar surface area (TPSA) is 70.9 Å². The number of hydrogen-bond acceptors (Lipinski definition) is 5. The predicted octanol–water partition coefficient (Wildman–Crippen LogP) is 3.51. The summed E-state index contributed by atoms with van der Waals surface area (Å²) in [4.78, 5) is 13.4. The zero-order valence-corrected chi connectivity index (χ0v) is 14.7. The first-order chi connectivity index (χ1) is 11.5. The molecule has 0 amide bonds. The number of aryl methyl sites for hydroxylation is 1. The highest BCUT2D eigenvalue weighted by molar-refractivity contribution is 5.58. The van der Waals surface area contributed by atoms with Gasteiger partial charge in [-0.25, -0.2) is 9.97 Å². The highest BCUT2D eigenvalue weighted by Gasteiger charge is 2.35. The van der Waals surface area contributed by atoms with E-state index in [1.165, 1.54) is 6.42 Å². The molecule has 1 aliphatic carbocycles. The molecule has 0 aliphatic heterocycles. The number of aliphatic hydroxyl groups excluding tert-OH is 1. The van der Waals surface area contributed by atoms with E-state index >= 15 is 0 Å². The van der Waals surface area contributed by atoms with E-state index in [-0.39, 0.29) is 11.5 Å². The average Bonchev–Trinajstić information content (AvgIpc) is 2.60. The van der Waals surface area contributed by atoms with Crippen molar-refractivity contribution in [2.24, 2.45) is 5.41 Å². The summed E-state index contributed by atoms with van der Waals surface area (Å²) in [7, 11) is 0. The van der Waals surface area contributed by atoms with Crippen LogP contribution in [0.1, 0.15) is 43.9 Å². The molecule has 5 heteroatoms. The van der Waals surface area contributed by atoms with Gasteiger partial charge in [0.05, 0.1) is 6.10 Å². The minimum absolute atomic E-state index is 0.0992. The molecule has 3 rings (SSSR count). The Balaban J connectivity index is 1.84. The first-order valence-corrected chi connectivity index (χ1v) is 8.67. The van der Waals surface area contributed by atoms with Crippen LogP contribution in [0.3, 0.4) is 0 Å². The van der Waals surface area contributed by atoms with Crippen molar-refractivity contribution in [3.05, 3.63) is 35.8 Å². The maximum Gasteiger partial charge on any atom is 0.163 e. The molecule has 0 aromatic carbocycles. The molecule has 1 saturated carbocycles. The maximum atomic E-state index is 10.4. The van der Waals surface area contributed by atoms with Crippen LogP contribution in [0.25, 0.3) is 11.4 Å². The molecule has 1 aliphatic rings. The van der Waals surface area contributed by atoms with Gasteiger partial charge in [-0.15, -0.1) is 0 Å². The SMILES string of the molecule is Cc1nc(-c2cccnc2)nc(NCC2(C)CCCCC2O)c1C.